The van der Waals surface area contributed by atoms with Gasteiger partial charge in [-0.05, 0) is 26.7 Å². The minimum Gasteiger partial charge on any atom is -0.356 e. The van der Waals surface area contributed by atoms with Gasteiger partial charge >= 0.3 is 0 Å². The maximum absolute atomic E-state index is 12.1. The summed E-state index contributed by atoms with van der Waals surface area (Å²) in [6.07, 6.45) is 1.43. The summed E-state index contributed by atoms with van der Waals surface area (Å²) in [6, 6.07) is 8.14. The molecule has 0 spiro atoms. The number of piperidine rings is 1. The van der Waals surface area contributed by atoms with Crippen LogP contribution in [-0.2, 0) is 10.0 Å². The van der Waals surface area contributed by atoms with Crippen molar-refractivity contribution in [1.29, 1.82) is 0 Å². The van der Waals surface area contributed by atoms with E-state index >= 15 is 0 Å². The third-order valence-corrected chi connectivity index (χ3v) is 7.17. The molecule has 29 heavy (non-hydrogen) atoms. The number of aryl methyl sites for hydroxylation is 1. The van der Waals surface area contributed by atoms with Crippen molar-refractivity contribution in [2.45, 2.75) is 32.7 Å². The second-order valence-electron chi connectivity index (χ2n) is 7.13. The van der Waals surface area contributed by atoms with Crippen molar-refractivity contribution in [2.75, 3.05) is 30.8 Å². The van der Waals surface area contributed by atoms with Crippen LogP contribution >= 0.6 is 0 Å². The first kappa shape index (κ1) is 21.1. The number of aromatic nitrogens is 2. The quantitative estimate of drug-likeness (QED) is 0.523. The van der Waals surface area contributed by atoms with E-state index < -0.39 is 14.9 Å². The summed E-state index contributed by atoms with van der Waals surface area (Å²) in [4.78, 5) is 21.8. The third-order valence-electron chi connectivity index (χ3n) is 5.26. The average molecular weight is 420 g/mol. The van der Waals surface area contributed by atoms with Crippen LogP contribution in [0.4, 0.5) is 11.5 Å². The van der Waals surface area contributed by atoms with Gasteiger partial charge in [0.2, 0.25) is 10.0 Å². The predicted octanol–water partition coefficient (Wildman–Crippen LogP) is 2.61. The Balaban J connectivity index is 1.80. The molecule has 0 aliphatic carbocycles. The monoisotopic (exact) mass is 419 g/mol. The van der Waals surface area contributed by atoms with Crippen molar-refractivity contribution in [2.24, 2.45) is 0 Å². The van der Waals surface area contributed by atoms with Crippen LogP contribution in [0.1, 0.15) is 25.5 Å². The fourth-order valence-corrected chi connectivity index (χ4v) is 4.56. The predicted molar refractivity (Wildman–Crippen MR) is 111 cm³/mol. The van der Waals surface area contributed by atoms with Crippen molar-refractivity contribution in [3.05, 3.63) is 46.1 Å². The number of nitro groups is 1. The fraction of sp³-hybridized carbons (Fsp3) is 0.474. The molecule has 2 aromatic rings. The zero-order valence-corrected chi connectivity index (χ0v) is 17.6. The zero-order chi connectivity index (χ0) is 21.2. The van der Waals surface area contributed by atoms with Gasteiger partial charge in [-0.1, -0.05) is 12.1 Å². The lowest BCUT2D eigenvalue weighted by Gasteiger charge is -2.36. The molecule has 10 heteroatoms. The number of sulfonamides is 1. The Morgan fingerprint density at radius 1 is 1.24 bits per heavy atom. The van der Waals surface area contributed by atoms with Crippen molar-refractivity contribution in [1.82, 2.24) is 14.3 Å². The van der Waals surface area contributed by atoms with E-state index in [0.717, 1.165) is 11.5 Å². The van der Waals surface area contributed by atoms with Crippen LogP contribution in [0.15, 0.2) is 30.3 Å². The van der Waals surface area contributed by atoms with Gasteiger partial charge in [0.05, 0.1) is 10.7 Å². The number of benzene rings is 1. The zero-order valence-electron chi connectivity index (χ0n) is 16.8. The van der Waals surface area contributed by atoms with E-state index in [0.29, 0.717) is 37.3 Å². The molecule has 0 bridgehead atoms. The summed E-state index contributed by atoms with van der Waals surface area (Å²) in [5.74, 6) is 1.29. The molecule has 0 atom stereocenters. The lowest BCUT2D eigenvalue weighted by atomic mass is 10.1. The molecular formula is C19H25N5O4S. The van der Waals surface area contributed by atoms with Gasteiger partial charge in [0, 0.05) is 55.6 Å². The molecule has 1 aromatic carbocycles. The summed E-state index contributed by atoms with van der Waals surface area (Å²) in [6.45, 7) is 4.87. The fourth-order valence-electron chi connectivity index (χ4n) is 3.49. The number of rotatable bonds is 6. The highest BCUT2D eigenvalue weighted by Gasteiger charge is 2.29. The molecule has 0 amide bonds. The minimum absolute atomic E-state index is 0.00450. The van der Waals surface area contributed by atoms with E-state index in [1.807, 2.05) is 13.0 Å². The molecule has 0 radical (unpaired) electrons. The van der Waals surface area contributed by atoms with E-state index in [4.69, 9.17) is 0 Å². The molecule has 0 N–H and O–H groups in total. The van der Waals surface area contributed by atoms with Gasteiger partial charge in [0.15, 0.2) is 5.82 Å². The van der Waals surface area contributed by atoms with Crippen molar-refractivity contribution < 1.29 is 13.3 Å². The number of nitro benzene ring substituents is 1. The Morgan fingerprint density at radius 3 is 2.55 bits per heavy atom. The molecule has 9 nitrogen and oxygen atoms in total. The maximum atomic E-state index is 12.1. The molecule has 0 saturated carbocycles. The SMILES string of the molecule is CCS(=O)(=O)N(C)C1CCN(c2cc(C)nc(-c3cccc([N+](=O)[O-])c3)n2)CC1. The van der Waals surface area contributed by atoms with Crippen molar-refractivity contribution in [3.63, 3.8) is 0 Å². The van der Waals surface area contributed by atoms with Crippen LogP contribution in [0, 0.1) is 17.0 Å². The highest BCUT2D eigenvalue weighted by molar-refractivity contribution is 7.89. The third kappa shape index (κ3) is 4.70. The van der Waals surface area contributed by atoms with Crippen LogP contribution in [0.5, 0.6) is 0 Å². The van der Waals surface area contributed by atoms with E-state index in [-0.39, 0.29) is 17.5 Å². The summed E-state index contributed by atoms with van der Waals surface area (Å²) >= 11 is 0. The Morgan fingerprint density at radius 2 is 1.93 bits per heavy atom. The van der Waals surface area contributed by atoms with E-state index in [9.17, 15) is 18.5 Å². The van der Waals surface area contributed by atoms with Crippen LogP contribution in [0.25, 0.3) is 11.4 Å². The smallest absolute Gasteiger partial charge is 0.270 e. The summed E-state index contributed by atoms with van der Waals surface area (Å²) < 4.78 is 25.7. The molecule has 1 aliphatic rings. The van der Waals surface area contributed by atoms with Crippen LogP contribution < -0.4 is 4.90 Å². The highest BCUT2D eigenvalue weighted by Crippen LogP contribution is 2.26. The largest absolute Gasteiger partial charge is 0.356 e. The molecule has 156 valence electrons. The van der Waals surface area contributed by atoms with Gasteiger partial charge in [-0.25, -0.2) is 22.7 Å². The van der Waals surface area contributed by atoms with Gasteiger partial charge in [-0.15, -0.1) is 0 Å². The Hall–Kier alpha value is -2.59. The molecule has 1 aliphatic heterocycles. The van der Waals surface area contributed by atoms with Crippen molar-refractivity contribution in [3.8, 4) is 11.4 Å². The van der Waals surface area contributed by atoms with Gasteiger partial charge in [0.1, 0.15) is 5.82 Å². The van der Waals surface area contributed by atoms with Gasteiger partial charge in [-0.3, -0.25) is 10.1 Å². The highest BCUT2D eigenvalue weighted by atomic mass is 32.2. The first-order valence-corrected chi connectivity index (χ1v) is 11.1. The maximum Gasteiger partial charge on any atom is 0.270 e. The van der Waals surface area contributed by atoms with Crippen molar-refractivity contribution >= 4 is 21.5 Å². The number of anilines is 1. The lowest BCUT2D eigenvalue weighted by Crippen LogP contribution is -2.46. The standard InChI is InChI=1S/C19H25N5O4S/c1-4-29(27,28)22(3)16-8-10-23(11-9-16)18-12-14(2)20-19(21-18)15-6-5-7-17(13-15)24(25)26/h5-7,12-13,16H,4,8-11H2,1-3H3. The second kappa shape index (κ2) is 8.42. The topological polar surface area (TPSA) is 110 Å². The average Bonchev–Trinajstić information content (AvgIpc) is 2.73. The number of nitrogens with zero attached hydrogens (tertiary/aromatic N) is 5. The van der Waals surface area contributed by atoms with Crippen LogP contribution in [0.2, 0.25) is 0 Å². The van der Waals surface area contributed by atoms with E-state index in [1.165, 1.54) is 16.4 Å². The minimum atomic E-state index is -3.21. The van der Waals surface area contributed by atoms with E-state index in [2.05, 4.69) is 14.9 Å². The summed E-state index contributed by atoms with van der Waals surface area (Å²) in [7, 11) is -1.56. The summed E-state index contributed by atoms with van der Waals surface area (Å²) in [5.41, 5.74) is 1.35. The number of hydrogen-bond acceptors (Lipinski definition) is 7. The first-order chi connectivity index (χ1) is 13.7. The molecular weight excluding hydrogens is 394 g/mol. The van der Waals surface area contributed by atoms with Gasteiger partial charge in [-0.2, -0.15) is 0 Å². The Labute approximate surface area is 170 Å². The van der Waals surface area contributed by atoms with E-state index in [1.54, 1.807) is 26.1 Å². The first-order valence-electron chi connectivity index (χ1n) is 9.52. The second-order valence-corrected chi connectivity index (χ2v) is 9.45. The molecule has 1 saturated heterocycles. The molecule has 2 heterocycles. The molecule has 3 rings (SSSR count). The number of hydrogen-bond donors (Lipinski definition) is 0. The van der Waals surface area contributed by atoms with Gasteiger partial charge in [0.25, 0.3) is 5.69 Å². The molecule has 0 unspecified atom stereocenters. The Bertz CT molecular complexity index is 1000. The normalized spacial score (nSPS) is 15.7. The van der Waals surface area contributed by atoms with Gasteiger partial charge < -0.3 is 4.90 Å². The molecule has 1 fully saturated rings. The van der Waals surface area contributed by atoms with Crippen LogP contribution in [0.3, 0.4) is 0 Å². The number of non-ortho nitro benzene ring substituents is 1. The Kier molecular flexibility index (Phi) is 6.13. The molecule has 1 aromatic heterocycles. The van der Waals surface area contributed by atoms with Crippen LogP contribution in [-0.4, -0.2) is 59.5 Å². The summed E-state index contributed by atoms with van der Waals surface area (Å²) in [5, 5.41) is 11.1. The lowest BCUT2D eigenvalue weighted by molar-refractivity contribution is -0.384.